The number of alkyl halides is 3. The largest absolute Gasteiger partial charge is 0.416 e. The van der Waals surface area contributed by atoms with E-state index < -0.39 is 41.3 Å². The van der Waals surface area contributed by atoms with E-state index in [-0.39, 0.29) is 24.5 Å². The Bertz CT molecular complexity index is 424. The van der Waals surface area contributed by atoms with Crippen molar-refractivity contribution in [3.63, 3.8) is 0 Å². The van der Waals surface area contributed by atoms with E-state index in [4.69, 9.17) is 10.8 Å². The Hall–Kier alpha value is -0.990. The van der Waals surface area contributed by atoms with Gasteiger partial charge in [-0.1, -0.05) is 0 Å². The average Bonchev–Trinajstić information content (AvgIpc) is 2.20. The number of aliphatic hydroxyl groups excluding tert-OH is 1. The fourth-order valence-corrected chi connectivity index (χ4v) is 1.17. The molecule has 0 saturated carbocycles. The minimum absolute atomic E-state index is 0. The molecule has 18 heavy (non-hydrogen) atoms. The highest BCUT2D eigenvalue weighted by Gasteiger charge is 2.43. The molecule has 9 heteroatoms. The Morgan fingerprint density at radius 3 is 1.89 bits per heavy atom. The van der Waals surface area contributed by atoms with Crippen LogP contribution in [0, 0.1) is 17.5 Å². The second kappa shape index (κ2) is 5.77. The van der Waals surface area contributed by atoms with Crippen LogP contribution in [0.5, 0.6) is 0 Å². The van der Waals surface area contributed by atoms with Gasteiger partial charge in [0.15, 0.2) is 17.7 Å². The van der Waals surface area contributed by atoms with Crippen LogP contribution >= 0.6 is 12.4 Å². The summed E-state index contributed by atoms with van der Waals surface area (Å²) in [6.45, 7) is 0. The normalized spacial score (nSPS) is 14.9. The summed E-state index contributed by atoms with van der Waals surface area (Å²) in [6, 6.07) is -1.98. The van der Waals surface area contributed by atoms with Crippen LogP contribution in [0.25, 0.3) is 0 Å². The molecule has 0 unspecified atom stereocenters. The topological polar surface area (TPSA) is 46.2 Å². The molecule has 0 amide bonds. The van der Waals surface area contributed by atoms with Crippen molar-refractivity contribution in [1.29, 1.82) is 0 Å². The summed E-state index contributed by atoms with van der Waals surface area (Å²) in [5.41, 5.74) is 4.00. The highest BCUT2D eigenvalue weighted by molar-refractivity contribution is 5.85. The molecule has 0 bridgehead atoms. The summed E-state index contributed by atoms with van der Waals surface area (Å²) in [5, 5.41) is 8.76. The Morgan fingerprint density at radius 2 is 1.44 bits per heavy atom. The third-order valence-corrected chi connectivity index (χ3v) is 2.07. The summed E-state index contributed by atoms with van der Waals surface area (Å²) in [6.07, 6.45) is -8.15. The maximum atomic E-state index is 13.1. The molecule has 1 aromatic rings. The van der Waals surface area contributed by atoms with Crippen LogP contribution in [0.1, 0.15) is 11.6 Å². The Balaban J connectivity index is 0.00000289. The molecule has 104 valence electrons. The monoisotopic (exact) mass is 295 g/mol. The van der Waals surface area contributed by atoms with E-state index in [0.717, 1.165) is 0 Å². The van der Waals surface area contributed by atoms with E-state index >= 15 is 0 Å². The first kappa shape index (κ1) is 17.0. The molecular weight excluding hydrogens is 288 g/mol. The number of benzene rings is 1. The van der Waals surface area contributed by atoms with E-state index in [1.54, 1.807) is 0 Å². The zero-order valence-corrected chi connectivity index (χ0v) is 9.33. The highest BCUT2D eigenvalue weighted by atomic mass is 35.5. The molecule has 0 spiro atoms. The van der Waals surface area contributed by atoms with Crippen molar-refractivity contribution < 1.29 is 31.4 Å². The molecule has 2 nitrogen and oxygen atoms in total. The predicted octanol–water partition coefficient (Wildman–Crippen LogP) is 2.45. The molecule has 0 aliphatic heterocycles. The van der Waals surface area contributed by atoms with Crippen molar-refractivity contribution in [2.24, 2.45) is 5.73 Å². The minimum atomic E-state index is -5.09. The summed E-state index contributed by atoms with van der Waals surface area (Å²) in [7, 11) is 0. The van der Waals surface area contributed by atoms with Gasteiger partial charge in [0.1, 0.15) is 5.82 Å². The first-order valence-corrected chi connectivity index (χ1v) is 4.29. The van der Waals surface area contributed by atoms with E-state index in [2.05, 4.69) is 0 Å². The quantitative estimate of drug-likeness (QED) is 0.650. The Morgan fingerprint density at radius 1 is 1.00 bits per heavy atom. The Kier molecular flexibility index (Phi) is 5.45. The van der Waals surface area contributed by atoms with Crippen molar-refractivity contribution in [3.05, 3.63) is 35.1 Å². The van der Waals surface area contributed by atoms with Gasteiger partial charge in [0.05, 0.1) is 6.04 Å². The molecule has 2 atom stereocenters. The molecule has 0 radical (unpaired) electrons. The second-order valence-corrected chi connectivity index (χ2v) is 3.30. The lowest BCUT2D eigenvalue weighted by Crippen LogP contribution is -2.39. The van der Waals surface area contributed by atoms with Gasteiger partial charge in [-0.3, -0.25) is 0 Å². The molecule has 0 aliphatic carbocycles. The maximum absolute atomic E-state index is 13.1. The summed E-state index contributed by atoms with van der Waals surface area (Å²) < 4.78 is 74.5. The highest BCUT2D eigenvalue weighted by Crippen LogP contribution is 2.30. The van der Waals surface area contributed by atoms with Crippen LogP contribution in [0.4, 0.5) is 26.3 Å². The molecule has 0 aromatic heterocycles. The molecule has 1 rings (SSSR count). The summed E-state index contributed by atoms with van der Waals surface area (Å²) in [4.78, 5) is 0. The van der Waals surface area contributed by atoms with Crippen LogP contribution in [-0.4, -0.2) is 17.4 Å². The SMILES string of the molecule is Cl.N[C@H](c1cc(F)c(F)cc1F)[C@@H](O)C(F)(F)F. The van der Waals surface area contributed by atoms with Crippen LogP contribution < -0.4 is 5.73 Å². The molecular formula is C9H8ClF6NO. The van der Waals surface area contributed by atoms with E-state index in [1.807, 2.05) is 0 Å². The zero-order chi connectivity index (χ0) is 13.4. The van der Waals surface area contributed by atoms with Crippen molar-refractivity contribution in [1.82, 2.24) is 0 Å². The number of halogens is 7. The van der Waals surface area contributed by atoms with Gasteiger partial charge in [0.2, 0.25) is 0 Å². The number of nitrogens with two attached hydrogens (primary N) is 1. The fourth-order valence-electron chi connectivity index (χ4n) is 1.17. The third-order valence-electron chi connectivity index (χ3n) is 2.07. The van der Waals surface area contributed by atoms with Gasteiger partial charge in [-0.15, -0.1) is 12.4 Å². The lowest BCUT2D eigenvalue weighted by atomic mass is 10.0. The van der Waals surface area contributed by atoms with Gasteiger partial charge in [-0.25, -0.2) is 13.2 Å². The smallest absolute Gasteiger partial charge is 0.382 e. The van der Waals surface area contributed by atoms with Gasteiger partial charge < -0.3 is 10.8 Å². The summed E-state index contributed by atoms with van der Waals surface area (Å²) >= 11 is 0. The van der Waals surface area contributed by atoms with Gasteiger partial charge in [0, 0.05) is 11.6 Å². The molecule has 0 saturated heterocycles. The first-order valence-electron chi connectivity index (χ1n) is 4.29. The van der Waals surface area contributed by atoms with Gasteiger partial charge in [-0.05, 0) is 6.07 Å². The lowest BCUT2D eigenvalue weighted by Gasteiger charge is -2.22. The van der Waals surface area contributed by atoms with Crippen molar-refractivity contribution in [2.75, 3.05) is 0 Å². The average molecular weight is 296 g/mol. The van der Waals surface area contributed by atoms with Crippen LogP contribution in [0.2, 0.25) is 0 Å². The first-order chi connectivity index (χ1) is 7.64. The van der Waals surface area contributed by atoms with Crippen LogP contribution in [0.3, 0.4) is 0 Å². The standard InChI is InChI=1S/C9H7F6NO.ClH/c10-4-2-6(12)5(11)1-3(4)7(16)8(17)9(13,14)15;/h1-2,7-8,17H,16H2;1H/t7-,8-;/m1./s1. The molecule has 0 heterocycles. The summed E-state index contributed by atoms with van der Waals surface area (Å²) in [5.74, 6) is -4.56. The van der Waals surface area contributed by atoms with Crippen molar-refractivity contribution >= 4 is 12.4 Å². The minimum Gasteiger partial charge on any atom is -0.382 e. The van der Waals surface area contributed by atoms with Crippen LogP contribution in [-0.2, 0) is 0 Å². The Labute approximate surface area is 104 Å². The molecule has 0 fully saturated rings. The van der Waals surface area contributed by atoms with E-state index in [0.29, 0.717) is 0 Å². The molecule has 3 N–H and O–H groups in total. The second-order valence-electron chi connectivity index (χ2n) is 3.30. The maximum Gasteiger partial charge on any atom is 0.416 e. The van der Waals surface area contributed by atoms with Gasteiger partial charge in [-0.2, -0.15) is 13.2 Å². The predicted molar refractivity (Wildman–Crippen MR) is 52.6 cm³/mol. The number of hydrogen-bond donors (Lipinski definition) is 2. The lowest BCUT2D eigenvalue weighted by molar-refractivity contribution is -0.210. The number of aliphatic hydroxyl groups is 1. The van der Waals surface area contributed by atoms with E-state index in [9.17, 15) is 26.3 Å². The molecule has 1 aromatic carbocycles. The van der Waals surface area contributed by atoms with Crippen LogP contribution in [0.15, 0.2) is 12.1 Å². The number of rotatable bonds is 2. The molecule has 0 aliphatic rings. The fraction of sp³-hybridized carbons (Fsp3) is 0.333. The third kappa shape index (κ3) is 3.50. The number of hydrogen-bond acceptors (Lipinski definition) is 2. The zero-order valence-electron chi connectivity index (χ0n) is 8.51. The van der Waals surface area contributed by atoms with Gasteiger partial charge in [0.25, 0.3) is 0 Å². The van der Waals surface area contributed by atoms with Crippen molar-refractivity contribution in [2.45, 2.75) is 18.3 Å². The van der Waals surface area contributed by atoms with Crippen molar-refractivity contribution in [3.8, 4) is 0 Å². The van der Waals surface area contributed by atoms with E-state index in [1.165, 1.54) is 0 Å². The van der Waals surface area contributed by atoms with Gasteiger partial charge >= 0.3 is 6.18 Å².